The van der Waals surface area contributed by atoms with Crippen LogP contribution in [-0.2, 0) is 6.42 Å². The number of carbonyl (C=O) groups excluding carboxylic acids is 1. The van der Waals surface area contributed by atoms with Gasteiger partial charge in [0.05, 0.1) is 34.1 Å². The number of nitrogens with one attached hydrogen (secondary N) is 1. The third-order valence-corrected chi connectivity index (χ3v) is 5.32. The fourth-order valence-electron chi connectivity index (χ4n) is 3.62. The number of rotatable bonds is 4. The summed E-state index contributed by atoms with van der Waals surface area (Å²) in [5.41, 5.74) is 2.13. The molecule has 0 aliphatic carbocycles. The van der Waals surface area contributed by atoms with Gasteiger partial charge in [-0.2, -0.15) is 0 Å². The van der Waals surface area contributed by atoms with Gasteiger partial charge in [-0.05, 0) is 43.5 Å². The zero-order chi connectivity index (χ0) is 20.7. The Bertz CT molecular complexity index is 1130. The molecule has 2 heterocycles. The van der Waals surface area contributed by atoms with Gasteiger partial charge in [0.1, 0.15) is 11.6 Å². The monoisotopic (exact) mass is 413 g/mol. The minimum Gasteiger partial charge on any atom is -0.491 e. The van der Waals surface area contributed by atoms with Crippen LogP contribution in [0.2, 0.25) is 5.02 Å². The van der Waals surface area contributed by atoms with Gasteiger partial charge in [0.25, 0.3) is 0 Å². The summed E-state index contributed by atoms with van der Waals surface area (Å²) in [6.45, 7) is 2.23. The summed E-state index contributed by atoms with van der Waals surface area (Å²) in [6.07, 6.45) is 1.43. The molecule has 0 bridgehead atoms. The first-order chi connectivity index (χ1) is 13.9. The topological polar surface area (TPSA) is 79.4 Å². The number of aromatic nitrogens is 1. The number of aryl methyl sites for hydroxylation is 2. The highest BCUT2D eigenvalue weighted by molar-refractivity contribution is 6.35. The van der Waals surface area contributed by atoms with Crippen LogP contribution in [0, 0.1) is 12.7 Å². The largest absolute Gasteiger partial charge is 0.491 e. The van der Waals surface area contributed by atoms with Gasteiger partial charge in [-0.25, -0.2) is 9.18 Å². The lowest BCUT2D eigenvalue weighted by atomic mass is 9.95. The van der Waals surface area contributed by atoms with E-state index in [4.69, 9.17) is 21.4 Å². The molecule has 2 N–H and O–H groups in total. The van der Waals surface area contributed by atoms with Gasteiger partial charge in [0.2, 0.25) is 5.78 Å². The number of H-pyrrole nitrogens is 1. The maximum absolute atomic E-state index is 14.9. The van der Waals surface area contributed by atoms with Crippen molar-refractivity contribution < 1.29 is 23.8 Å². The zero-order valence-electron chi connectivity index (χ0n) is 15.5. The maximum Gasteiger partial charge on any atom is 0.335 e. The van der Waals surface area contributed by atoms with Crippen LogP contribution in [0.25, 0.3) is 11.1 Å². The van der Waals surface area contributed by atoms with Crippen molar-refractivity contribution in [3.63, 3.8) is 0 Å². The molecule has 0 saturated carbocycles. The number of carbonyl (C=O) groups is 2. The van der Waals surface area contributed by atoms with Gasteiger partial charge >= 0.3 is 5.97 Å². The van der Waals surface area contributed by atoms with Crippen molar-refractivity contribution in [2.45, 2.75) is 19.8 Å². The van der Waals surface area contributed by atoms with Gasteiger partial charge < -0.3 is 14.8 Å². The van der Waals surface area contributed by atoms with E-state index in [0.717, 1.165) is 12.5 Å². The van der Waals surface area contributed by atoms with E-state index in [9.17, 15) is 14.0 Å². The molecule has 1 aliphatic heterocycles. The third kappa shape index (κ3) is 3.29. The first-order valence-electron chi connectivity index (χ1n) is 9.09. The number of aromatic amines is 1. The molecule has 7 heteroatoms. The first kappa shape index (κ1) is 19.2. The third-order valence-electron chi connectivity index (χ3n) is 5.01. The number of carboxylic acid groups (broad SMARTS) is 1. The molecule has 1 aromatic heterocycles. The quantitative estimate of drug-likeness (QED) is 0.587. The molecule has 2 aromatic carbocycles. The summed E-state index contributed by atoms with van der Waals surface area (Å²) in [6, 6.07) is 8.76. The molecule has 3 aromatic rings. The summed E-state index contributed by atoms with van der Waals surface area (Å²) >= 11 is 6.28. The van der Waals surface area contributed by atoms with Crippen LogP contribution in [0.3, 0.4) is 0 Å². The van der Waals surface area contributed by atoms with Crippen molar-refractivity contribution in [2.75, 3.05) is 6.61 Å². The van der Waals surface area contributed by atoms with Gasteiger partial charge in [-0.1, -0.05) is 29.8 Å². The average Bonchev–Trinajstić information content (AvgIpc) is 3.07. The summed E-state index contributed by atoms with van der Waals surface area (Å²) in [5, 5.41) is 9.41. The van der Waals surface area contributed by atoms with E-state index >= 15 is 0 Å². The minimum atomic E-state index is -1.23. The SMILES string of the molecule is Cc1cccc(Cl)c1C(=O)c1[nH]c2c(c1-c1ccc(C(=O)O)cc1F)OCCC2. The Morgan fingerprint density at radius 1 is 1.24 bits per heavy atom. The summed E-state index contributed by atoms with van der Waals surface area (Å²) < 4.78 is 20.6. The molecule has 0 saturated heterocycles. The number of aromatic carboxylic acids is 1. The van der Waals surface area contributed by atoms with Crippen molar-refractivity contribution >= 4 is 23.4 Å². The van der Waals surface area contributed by atoms with Crippen molar-refractivity contribution in [1.29, 1.82) is 0 Å². The van der Waals surface area contributed by atoms with Crippen molar-refractivity contribution in [3.05, 3.63) is 75.3 Å². The molecule has 0 atom stereocenters. The number of carboxylic acids is 1. The van der Waals surface area contributed by atoms with Crippen molar-refractivity contribution in [3.8, 4) is 16.9 Å². The molecule has 1 aliphatic rings. The highest BCUT2D eigenvalue weighted by Gasteiger charge is 2.30. The predicted octanol–water partition coefficient (Wildman–Crippen LogP) is 5.04. The molecule has 0 radical (unpaired) electrons. The highest BCUT2D eigenvalue weighted by Crippen LogP contribution is 2.42. The Balaban J connectivity index is 1.94. The summed E-state index contributed by atoms with van der Waals surface area (Å²) in [7, 11) is 0. The number of hydrogen-bond donors (Lipinski definition) is 2. The number of halogens is 2. The molecule has 0 unspecified atom stereocenters. The lowest BCUT2D eigenvalue weighted by Gasteiger charge is -2.15. The van der Waals surface area contributed by atoms with Crippen LogP contribution >= 0.6 is 11.6 Å². The number of ketones is 1. The molecule has 29 heavy (non-hydrogen) atoms. The van der Waals surface area contributed by atoms with E-state index in [-0.39, 0.29) is 22.6 Å². The Kier molecular flexibility index (Phi) is 4.88. The molecule has 0 fully saturated rings. The van der Waals surface area contributed by atoms with E-state index in [1.165, 1.54) is 12.1 Å². The second-order valence-electron chi connectivity index (χ2n) is 6.90. The highest BCUT2D eigenvalue weighted by atomic mass is 35.5. The summed E-state index contributed by atoms with van der Waals surface area (Å²) in [5.74, 6) is -1.93. The molecular formula is C22H17ClFNO4. The number of hydrogen-bond acceptors (Lipinski definition) is 3. The number of fused-ring (bicyclic) bond motifs is 1. The average molecular weight is 414 g/mol. The lowest BCUT2D eigenvalue weighted by Crippen LogP contribution is -2.08. The number of benzene rings is 2. The molecule has 0 spiro atoms. The minimum absolute atomic E-state index is 0.0995. The predicted molar refractivity (Wildman–Crippen MR) is 107 cm³/mol. The maximum atomic E-state index is 14.9. The van der Waals surface area contributed by atoms with E-state index in [2.05, 4.69) is 4.98 Å². The first-order valence-corrected chi connectivity index (χ1v) is 9.47. The van der Waals surface area contributed by atoms with Gasteiger partial charge in [-0.15, -0.1) is 0 Å². The fourth-order valence-corrected chi connectivity index (χ4v) is 3.92. The standard InChI is InChI=1S/C22H17ClFNO4/c1-11-4-2-5-14(23)17(11)20(26)19-18(21-16(25-19)6-3-9-29-21)13-8-7-12(22(27)28)10-15(13)24/h2,4-5,7-8,10,25H,3,6,9H2,1H3,(H,27,28). The van der Waals surface area contributed by atoms with Crippen molar-refractivity contribution in [2.24, 2.45) is 0 Å². The molecule has 4 rings (SSSR count). The van der Waals surface area contributed by atoms with Crippen molar-refractivity contribution in [1.82, 2.24) is 4.98 Å². The van der Waals surface area contributed by atoms with E-state index < -0.39 is 11.8 Å². The molecular weight excluding hydrogens is 397 g/mol. The Morgan fingerprint density at radius 3 is 2.72 bits per heavy atom. The smallest absolute Gasteiger partial charge is 0.335 e. The van der Waals surface area contributed by atoms with Gasteiger partial charge in [0.15, 0.2) is 0 Å². The second-order valence-corrected chi connectivity index (χ2v) is 7.30. The van der Waals surface area contributed by atoms with E-state index in [1.54, 1.807) is 25.1 Å². The Hall–Kier alpha value is -3.12. The zero-order valence-corrected chi connectivity index (χ0v) is 16.3. The Morgan fingerprint density at radius 2 is 2.03 bits per heavy atom. The molecule has 5 nitrogen and oxygen atoms in total. The fraction of sp³-hybridized carbons (Fsp3) is 0.182. The lowest BCUT2D eigenvalue weighted by molar-refractivity contribution is 0.0696. The van der Waals surface area contributed by atoms with Crippen LogP contribution < -0.4 is 4.74 Å². The molecule has 0 amide bonds. The van der Waals surface area contributed by atoms with Crippen LogP contribution in [0.1, 0.15) is 44.1 Å². The Labute approximate surface area is 171 Å². The van der Waals surface area contributed by atoms with E-state index in [1.807, 2.05) is 0 Å². The van der Waals surface area contributed by atoms with Gasteiger partial charge in [0, 0.05) is 11.1 Å². The number of ether oxygens (including phenoxy) is 1. The van der Waals surface area contributed by atoms with E-state index in [0.29, 0.717) is 46.2 Å². The second kappa shape index (κ2) is 7.37. The normalized spacial score (nSPS) is 12.9. The van der Waals surface area contributed by atoms with Crippen LogP contribution in [0.5, 0.6) is 5.75 Å². The van der Waals surface area contributed by atoms with Crippen LogP contribution in [0.4, 0.5) is 4.39 Å². The van der Waals surface area contributed by atoms with Crippen LogP contribution in [0.15, 0.2) is 36.4 Å². The van der Waals surface area contributed by atoms with Crippen LogP contribution in [-0.4, -0.2) is 28.4 Å². The van der Waals surface area contributed by atoms with Gasteiger partial charge in [-0.3, -0.25) is 4.79 Å². The summed E-state index contributed by atoms with van der Waals surface area (Å²) in [4.78, 5) is 27.7. The molecule has 148 valence electrons.